The van der Waals surface area contributed by atoms with Gasteiger partial charge >= 0.3 is 0 Å². The number of hydrogen-bond donors (Lipinski definition) is 1. The van der Waals surface area contributed by atoms with Crippen LogP contribution in [-0.4, -0.2) is 27.3 Å². The summed E-state index contributed by atoms with van der Waals surface area (Å²) in [6, 6.07) is 24.6. The van der Waals surface area contributed by atoms with E-state index in [9.17, 15) is 4.79 Å². The molecule has 1 atom stereocenters. The molecule has 0 spiro atoms. The average molecular weight is 527 g/mol. The Balaban J connectivity index is 1.50. The second-order valence-corrected chi connectivity index (χ2v) is 9.60. The Kier molecular flexibility index (Phi) is 8.82. The summed E-state index contributed by atoms with van der Waals surface area (Å²) in [5, 5.41) is 13.4. The van der Waals surface area contributed by atoms with E-state index in [1.807, 2.05) is 66.1 Å². The molecule has 0 aliphatic rings. The van der Waals surface area contributed by atoms with Gasteiger partial charge in [0.25, 0.3) is 0 Å². The predicted octanol–water partition coefficient (Wildman–Crippen LogP) is 6.26. The number of carbonyl (C=O) groups is 1. The van der Waals surface area contributed by atoms with Crippen LogP contribution >= 0.6 is 35.0 Å². The van der Waals surface area contributed by atoms with Gasteiger partial charge in [-0.3, -0.25) is 9.36 Å². The van der Waals surface area contributed by atoms with Gasteiger partial charge in [0.1, 0.15) is 6.61 Å². The molecule has 1 aromatic heterocycles. The number of halogens is 2. The molecule has 0 aliphatic carbocycles. The van der Waals surface area contributed by atoms with Crippen LogP contribution in [0.1, 0.15) is 29.9 Å². The van der Waals surface area contributed by atoms with Crippen molar-refractivity contribution >= 4 is 40.9 Å². The van der Waals surface area contributed by atoms with E-state index in [1.165, 1.54) is 11.8 Å². The fourth-order valence-corrected chi connectivity index (χ4v) is 4.85. The Bertz CT molecular complexity index is 1270. The summed E-state index contributed by atoms with van der Waals surface area (Å²) in [6.45, 7) is 2.15. The Morgan fingerprint density at radius 1 is 1.00 bits per heavy atom. The zero-order valence-corrected chi connectivity index (χ0v) is 21.4. The Labute approximate surface area is 218 Å². The van der Waals surface area contributed by atoms with Crippen LogP contribution in [0.2, 0.25) is 10.0 Å². The fourth-order valence-electron chi connectivity index (χ4n) is 3.45. The van der Waals surface area contributed by atoms with Crippen LogP contribution in [0.15, 0.2) is 84.0 Å². The molecule has 180 valence electrons. The molecule has 0 radical (unpaired) electrons. The minimum absolute atomic E-state index is 0.0648. The SMILES string of the molecule is CC(NC(=O)COCc1ccccc1)c1nnc(SCc2ccccc2)n1-c1ccc(Cl)cc1Cl. The zero-order valence-electron chi connectivity index (χ0n) is 19.0. The highest BCUT2D eigenvalue weighted by atomic mass is 35.5. The first-order chi connectivity index (χ1) is 17.0. The molecule has 3 aromatic carbocycles. The molecule has 4 rings (SSSR count). The first-order valence-corrected chi connectivity index (χ1v) is 12.7. The first-order valence-electron chi connectivity index (χ1n) is 11.0. The van der Waals surface area contributed by atoms with Crippen LogP contribution in [0.5, 0.6) is 0 Å². The van der Waals surface area contributed by atoms with E-state index in [0.717, 1.165) is 11.1 Å². The number of amides is 1. The quantitative estimate of drug-likeness (QED) is 0.247. The highest BCUT2D eigenvalue weighted by molar-refractivity contribution is 7.98. The van der Waals surface area contributed by atoms with E-state index in [-0.39, 0.29) is 12.5 Å². The molecule has 1 amide bonds. The second-order valence-electron chi connectivity index (χ2n) is 7.81. The summed E-state index contributed by atoms with van der Waals surface area (Å²) in [7, 11) is 0. The highest BCUT2D eigenvalue weighted by Crippen LogP contribution is 2.32. The summed E-state index contributed by atoms with van der Waals surface area (Å²) < 4.78 is 7.43. The number of aromatic nitrogens is 3. The van der Waals surface area contributed by atoms with Gasteiger partial charge in [0, 0.05) is 10.8 Å². The summed E-state index contributed by atoms with van der Waals surface area (Å²) >= 11 is 14.2. The third-order valence-electron chi connectivity index (χ3n) is 5.13. The van der Waals surface area contributed by atoms with Gasteiger partial charge < -0.3 is 10.1 Å². The van der Waals surface area contributed by atoms with Gasteiger partial charge in [-0.1, -0.05) is 95.6 Å². The molecule has 35 heavy (non-hydrogen) atoms. The summed E-state index contributed by atoms with van der Waals surface area (Å²) in [4.78, 5) is 12.6. The van der Waals surface area contributed by atoms with E-state index in [2.05, 4.69) is 27.6 Å². The van der Waals surface area contributed by atoms with Crippen LogP contribution in [0.25, 0.3) is 5.69 Å². The molecule has 4 aromatic rings. The minimum Gasteiger partial charge on any atom is -0.367 e. The third kappa shape index (κ3) is 6.86. The Morgan fingerprint density at radius 2 is 1.69 bits per heavy atom. The van der Waals surface area contributed by atoms with E-state index < -0.39 is 6.04 Å². The van der Waals surface area contributed by atoms with Crippen LogP contribution in [0.3, 0.4) is 0 Å². The number of ether oxygens (including phenoxy) is 1. The van der Waals surface area contributed by atoms with Gasteiger partial charge in [-0.2, -0.15) is 0 Å². The molecule has 0 fully saturated rings. The molecule has 0 saturated heterocycles. The maximum Gasteiger partial charge on any atom is 0.246 e. The molecule has 9 heteroatoms. The average Bonchev–Trinajstić information content (AvgIpc) is 3.28. The number of nitrogens with one attached hydrogen (secondary N) is 1. The third-order valence-corrected chi connectivity index (χ3v) is 6.67. The number of thioether (sulfide) groups is 1. The predicted molar refractivity (Wildman–Crippen MR) is 140 cm³/mol. The van der Waals surface area contributed by atoms with Crippen molar-refractivity contribution < 1.29 is 9.53 Å². The number of carbonyl (C=O) groups excluding carboxylic acids is 1. The van der Waals surface area contributed by atoms with Crippen LogP contribution in [0, 0.1) is 0 Å². The lowest BCUT2D eigenvalue weighted by atomic mass is 10.2. The first kappa shape index (κ1) is 25.3. The summed E-state index contributed by atoms with van der Waals surface area (Å²) in [6.07, 6.45) is 0. The Morgan fingerprint density at radius 3 is 2.37 bits per heavy atom. The number of hydrogen-bond acceptors (Lipinski definition) is 5. The van der Waals surface area contributed by atoms with Crippen molar-refractivity contribution in [3.63, 3.8) is 0 Å². The topological polar surface area (TPSA) is 69.0 Å². The molecular weight excluding hydrogens is 503 g/mol. The van der Waals surface area contributed by atoms with Crippen molar-refractivity contribution in [2.45, 2.75) is 30.5 Å². The van der Waals surface area contributed by atoms with E-state index >= 15 is 0 Å². The molecule has 1 heterocycles. The van der Waals surface area contributed by atoms with Crippen molar-refractivity contribution in [1.82, 2.24) is 20.1 Å². The van der Waals surface area contributed by atoms with Gasteiger partial charge in [0.2, 0.25) is 5.91 Å². The standard InChI is InChI=1S/C26H24Cl2N4O2S/c1-18(29-24(33)16-34-15-19-8-4-2-5-9-19)25-30-31-26(35-17-20-10-6-3-7-11-20)32(25)23-13-12-21(27)14-22(23)28/h2-14,18H,15-17H2,1H3,(H,29,33). The lowest BCUT2D eigenvalue weighted by Crippen LogP contribution is -2.31. The lowest BCUT2D eigenvalue weighted by molar-refractivity contribution is -0.126. The largest absolute Gasteiger partial charge is 0.367 e. The van der Waals surface area contributed by atoms with Crippen molar-refractivity contribution in [2.75, 3.05) is 6.61 Å². The van der Waals surface area contributed by atoms with Crippen LogP contribution < -0.4 is 5.32 Å². The minimum atomic E-state index is -0.437. The monoisotopic (exact) mass is 526 g/mol. The van der Waals surface area contributed by atoms with Gasteiger partial charge in [0.05, 0.1) is 23.4 Å². The van der Waals surface area contributed by atoms with E-state index in [1.54, 1.807) is 12.1 Å². The van der Waals surface area contributed by atoms with Gasteiger partial charge in [-0.05, 0) is 36.2 Å². The molecular formula is C26H24Cl2N4O2S. The van der Waals surface area contributed by atoms with E-state index in [4.69, 9.17) is 27.9 Å². The highest BCUT2D eigenvalue weighted by Gasteiger charge is 2.22. The maximum atomic E-state index is 12.6. The summed E-state index contributed by atoms with van der Waals surface area (Å²) in [5.74, 6) is 1.02. The van der Waals surface area contributed by atoms with Gasteiger partial charge in [-0.25, -0.2) is 0 Å². The second kappa shape index (κ2) is 12.2. The van der Waals surface area contributed by atoms with Gasteiger partial charge in [-0.15, -0.1) is 10.2 Å². The number of benzene rings is 3. The molecule has 0 aliphatic heterocycles. The fraction of sp³-hybridized carbons (Fsp3) is 0.192. The van der Waals surface area contributed by atoms with Crippen molar-refractivity contribution in [3.05, 3.63) is 106 Å². The number of rotatable bonds is 10. The maximum absolute atomic E-state index is 12.6. The molecule has 1 unspecified atom stereocenters. The summed E-state index contributed by atoms with van der Waals surface area (Å²) in [5.41, 5.74) is 2.85. The zero-order chi connectivity index (χ0) is 24.6. The van der Waals surface area contributed by atoms with E-state index in [0.29, 0.717) is 39.1 Å². The molecule has 1 N–H and O–H groups in total. The van der Waals surface area contributed by atoms with Crippen molar-refractivity contribution in [1.29, 1.82) is 0 Å². The smallest absolute Gasteiger partial charge is 0.246 e. The van der Waals surface area contributed by atoms with Crippen LogP contribution in [0.4, 0.5) is 0 Å². The van der Waals surface area contributed by atoms with Crippen molar-refractivity contribution in [3.8, 4) is 5.69 Å². The van der Waals surface area contributed by atoms with Crippen molar-refractivity contribution in [2.24, 2.45) is 0 Å². The lowest BCUT2D eigenvalue weighted by Gasteiger charge is -2.17. The Hall–Kier alpha value is -2.84. The molecule has 0 saturated carbocycles. The number of nitrogens with zero attached hydrogens (tertiary/aromatic N) is 3. The van der Waals surface area contributed by atoms with Crippen LogP contribution in [-0.2, 0) is 21.9 Å². The molecule has 6 nitrogen and oxygen atoms in total. The molecule has 0 bridgehead atoms. The normalized spacial score (nSPS) is 11.9. The van der Waals surface area contributed by atoms with Gasteiger partial charge in [0.15, 0.2) is 11.0 Å².